The first-order valence-electron chi connectivity index (χ1n) is 9.00. The van der Waals surface area contributed by atoms with Crippen molar-refractivity contribution in [1.82, 2.24) is 9.97 Å². The number of pyridine rings is 2. The van der Waals surface area contributed by atoms with E-state index < -0.39 is 0 Å². The third-order valence-electron chi connectivity index (χ3n) is 4.43. The van der Waals surface area contributed by atoms with E-state index in [4.69, 9.17) is 4.74 Å². The van der Waals surface area contributed by atoms with Gasteiger partial charge in [0.2, 0.25) is 5.88 Å². The molecular formula is C21H20N4O2. The normalized spacial score (nSPS) is 13.4. The van der Waals surface area contributed by atoms with Crippen LogP contribution in [-0.4, -0.2) is 29.0 Å². The Labute approximate surface area is 157 Å². The average molecular weight is 360 g/mol. The van der Waals surface area contributed by atoms with Crippen molar-refractivity contribution in [3.05, 3.63) is 72.6 Å². The maximum atomic E-state index is 12.7. The molecule has 0 saturated carbocycles. The summed E-state index contributed by atoms with van der Waals surface area (Å²) in [5, 5.41) is 2.81. The van der Waals surface area contributed by atoms with Crippen LogP contribution >= 0.6 is 0 Å². The Morgan fingerprint density at radius 3 is 2.52 bits per heavy atom. The van der Waals surface area contributed by atoms with Crippen molar-refractivity contribution in [2.24, 2.45) is 0 Å². The number of carbonyl (C=O) groups excluding carboxylic acids is 1. The Morgan fingerprint density at radius 1 is 0.963 bits per heavy atom. The van der Waals surface area contributed by atoms with Gasteiger partial charge in [-0.05, 0) is 49.2 Å². The smallest absolute Gasteiger partial charge is 0.262 e. The molecule has 0 spiro atoms. The second-order valence-corrected chi connectivity index (χ2v) is 6.32. The van der Waals surface area contributed by atoms with Gasteiger partial charge in [0.1, 0.15) is 17.1 Å². The van der Waals surface area contributed by atoms with Gasteiger partial charge in [0, 0.05) is 19.3 Å². The van der Waals surface area contributed by atoms with E-state index in [1.165, 1.54) is 12.8 Å². The van der Waals surface area contributed by atoms with Gasteiger partial charge in [0.25, 0.3) is 5.91 Å². The van der Waals surface area contributed by atoms with E-state index in [0.29, 0.717) is 17.1 Å². The summed E-state index contributed by atoms with van der Waals surface area (Å²) in [6.07, 6.45) is 5.82. The fourth-order valence-corrected chi connectivity index (χ4v) is 3.05. The van der Waals surface area contributed by atoms with Gasteiger partial charge in [-0.25, -0.2) is 9.97 Å². The van der Waals surface area contributed by atoms with Crippen LogP contribution in [0.4, 0.5) is 11.5 Å². The topological polar surface area (TPSA) is 67.4 Å². The Kier molecular flexibility index (Phi) is 4.96. The van der Waals surface area contributed by atoms with Gasteiger partial charge in [-0.3, -0.25) is 4.79 Å². The summed E-state index contributed by atoms with van der Waals surface area (Å²) in [4.78, 5) is 23.5. The number of rotatable bonds is 5. The van der Waals surface area contributed by atoms with Crippen LogP contribution in [0, 0.1) is 0 Å². The molecule has 1 fully saturated rings. The Morgan fingerprint density at radius 2 is 1.78 bits per heavy atom. The highest BCUT2D eigenvalue weighted by atomic mass is 16.5. The molecule has 1 aliphatic rings. The molecule has 1 N–H and O–H groups in total. The molecule has 136 valence electrons. The van der Waals surface area contributed by atoms with Gasteiger partial charge in [-0.15, -0.1) is 0 Å². The van der Waals surface area contributed by atoms with E-state index in [0.717, 1.165) is 18.8 Å². The van der Waals surface area contributed by atoms with Crippen molar-refractivity contribution in [2.45, 2.75) is 12.8 Å². The molecule has 0 unspecified atom stereocenters. The molecule has 1 amide bonds. The number of para-hydroxylation sites is 1. The largest absolute Gasteiger partial charge is 0.438 e. The molecule has 0 radical (unpaired) electrons. The van der Waals surface area contributed by atoms with Gasteiger partial charge in [0.15, 0.2) is 0 Å². The molecule has 2 aromatic heterocycles. The lowest BCUT2D eigenvalue weighted by molar-refractivity contribution is 0.102. The molecule has 6 heteroatoms. The Bertz CT molecular complexity index is 907. The molecule has 4 rings (SSSR count). The number of benzene rings is 1. The molecule has 1 saturated heterocycles. The summed E-state index contributed by atoms with van der Waals surface area (Å²) in [7, 11) is 0. The molecule has 3 heterocycles. The van der Waals surface area contributed by atoms with Crippen molar-refractivity contribution in [3.8, 4) is 11.6 Å². The Hall–Kier alpha value is -3.41. The molecule has 27 heavy (non-hydrogen) atoms. The molecular weight excluding hydrogens is 340 g/mol. The van der Waals surface area contributed by atoms with E-state index in [1.807, 2.05) is 42.5 Å². The maximum absolute atomic E-state index is 12.7. The maximum Gasteiger partial charge on any atom is 0.262 e. The zero-order valence-electron chi connectivity index (χ0n) is 14.8. The zero-order valence-corrected chi connectivity index (χ0v) is 14.8. The SMILES string of the molecule is O=C(Nc1ccc(N2CCCC2)cn1)c1cccnc1Oc1ccccc1. The van der Waals surface area contributed by atoms with Crippen LogP contribution in [0.5, 0.6) is 11.6 Å². The summed E-state index contributed by atoms with van der Waals surface area (Å²) >= 11 is 0. The van der Waals surface area contributed by atoms with Crippen LogP contribution in [0.3, 0.4) is 0 Å². The number of anilines is 2. The molecule has 3 aromatic rings. The fraction of sp³-hybridized carbons (Fsp3) is 0.190. The molecule has 1 aliphatic heterocycles. The van der Waals surface area contributed by atoms with Gasteiger partial charge in [-0.1, -0.05) is 18.2 Å². The zero-order chi connectivity index (χ0) is 18.5. The number of aromatic nitrogens is 2. The second kappa shape index (κ2) is 7.86. The van der Waals surface area contributed by atoms with Crippen LogP contribution in [0.15, 0.2) is 67.0 Å². The Balaban J connectivity index is 1.48. The molecule has 1 aromatic carbocycles. The quantitative estimate of drug-likeness (QED) is 0.741. The van der Waals surface area contributed by atoms with Gasteiger partial charge in [0.05, 0.1) is 11.9 Å². The number of hydrogen-bond acceptors (Lipinski definition) is 5. The second-order valence-electron chi connectivity index (χ2n) is 6.32. The number of carbonyl (C=O) groups is 1. The van der Waals surface area contributed by atoms with Crippen LogP contribution in [0.1, 0.15) is 23.2 Å². The summed E-state index contributed by atoms with van der Waals surface area (Å²) < 4.78 is 5.76. The summed E-state index contributed by atoms with van der Waals surface area (Å²) in [5.74, 6) is 1.07. The molecule has 0 aliphatic carbocycles. The standard InChI is InChI=1S/C21H20N4O2/c26-20(24-19-11-10-16(15-23-19)25-13-4-5-14-25)18-9-6-12-22-21(18)27-17-7-2-1-3-8-17/h1-3,6-12,15H,4-5,13-14H2,(H,23,24,26). The van der Waals surface area contributed by atoms with Crippen molar-refractivity contribution < 1.29 is 9.53 Å². The highest BCUT2D eigenvalue weighted by molar-refractivity contribution is 6.05. The summed E-state index contributed by atoms with van der Waals surface area (Å²) in [6, 6.07) is 16.4. The first-order chi connectivity index (χ1) is 13.3. The van der Waals surface area contributed by atoms with E-state index in [-0.39, 0.29) is 11.8 Å². The van der Waals surface area contributed by atoms with Crippen LogP contribution in [-0.2, 0) is 0 Å². The van der Waals surface area contributed by atoms with Crippen molar-refractivity contribution >= 4 is 17.4 Å². The molecule has 6 nitrogen and oxygen atoms in total. The number of hydrogen-bond donors (Lipinski definition) is 1. The van der Waals surface area contributed by atoms with Gasteiger partial charge >= 0.3 is 0 Å². The van der Waals surface area contributed by atoms with Crippen LogP contribution < -0.4 is 15.0 Å². The minimum atomic E-state index is -0.310. The van der Waals surface area contributed by atoms with Crippen molar-refractivity contribution in [1.29, 1.82) is 0 Å². The van der Waals surface area contributed by atoms with Crippen molar-refractivity contribution in [3.63, 3.8) is 0 Å². The predicted molar refractivity (Wildman–Crippen MR) is 104 cm³/mol. The minimum absolute atomic E-state index is 0.259. The van der Waals surface area contributed by atoms with Crippen molar-refractivity contribution in [2.75, 3.05) is 23.3 Å². The van der Waals surface area contributed by atoms with E-state index in [9.17, 15) is 4.79 Å². The average Bonchev–Trinajstić information content (AvgIpc) is 3.25. The number of nitrogens with one attached hydrogen (secondary N) is 1. The lowest BCUT2D eigenvalue weighted by atomic mass is 10.2. The third-order valence-corrected chi connectivity index (χ3v) is 4.43. The first kappa shape index (κ1) is 17.0. The van der Waals surface area contributed by atoms with E-state index >= 15 is 0 Å². The molecule has 0 atom stereocenters. The summed E-state index contributed by atoms with van der Waals surface area (Å²) in [6.45, 7) is 2.12. The van der Waals surface area contributed by atoms with E-state index in [2.05, 4.69) is 20.2 Å². The number of ether oxygens (including phenoxy) is 1. The fourth-order valence-electron chi connectivity index (χ4n) is 3.05. The van der Waals surface area contributed by atoms with E-state index in [1.54, 1.807) is 24.5 Å². The highest BCUT2D eigenvalue weighted by Gasteiger charge is 2.16. The first-order valence-corrected chi connectivity index (χ1v) is 9.00. The highest BCUT2D eigenvalue weighted by Crippen LogP contribution is 2.24. The lowest BCUT2D eigenvalue weighted by Gasteiger charge is -2.17. The van der Waals surface area contributed by atoms with Gasteiger partial charge in [-0.2, -0.15) is 0 Å². The summed E-state index contributed by atoms with van der Waals surface area (Å²) in [5.41, 5.74) is 1.44. The number of nitrogens with zero attached hydrogens (tertiary/aromatic N) is 3. The molecule has 0 bridgehead atoms. The minimum Gasteiger partial charge on any atom is -0.438 e. The lowest BCUT2D eigenvalue weighted by Crippen LogP contribution is -2.18. The number of amides is 1. The van der Waals surface area contributed by atoms with Gasteiger partial charge < -0.3 is 15.0 Å². The monoisotopic (exact) mass is 360 g/mol. The van der Waals surface area contributed by atoms with Crippen LogP contribution in [0.2, 0.25) is 0 Å². The third kappa shape index (κ3) is 4.06. The predicted octanol–water partition coefficient (Wildman–Crippen LogP) is 4.12. The van der Waals surface area contributed by atoms with Crippen LogP contribution in [0.25, 0.3) is 0 Å².